The Morgan fingerprint density at radius 3 is 2.08 bits per heavy atom. The number of rotatable bonds is 4. The fourth-order valence-electron chi connectivity index (χ4n) is 3.77. The fraction of sp³-hybridized carbons (Fsp3) is 0.650. The predicted octanol–water partition coefficient (Wildman–Crippen LogP) is 3.90. The number of likely N-dealkylation sites (tertiary alicyclic amines) is 1. The van der Waals surface area contributed by atoms with Crippen LogP contribution in [0.25, 0.3) is 0 Å². The number of piperidine rings is 1. The lowest BCUT2D eigenvalue weighted by Gasteiger charge is -2.38. The van der Waals surface area contributed by atoms with Gasteiger partial charge < -0.3 is 15.1 Å². The molecule has 1 fully saturated rings. The summed E-state index contributed by atoms with van der Waals surface area (Å²) in [7, 11) is 2.11. The summed E-state index contributed by atoms with van der Waals surface area (Å²) in [5.74, 6) is 0.296. The van der Waals surface area contributed by atoms with Crippen molar-refractivity contribution in [2.75, 3.05) is 20.1 Å². The highest BCUT2D eigenvalue weighted by Crippen LogP contribution is 2.32. The van der Waals surface area contributed by atoms with Crippen LogP contribution in [0.5, 0.6) is 0 Å². The molecular formula is C20H32N2O3. The Kier molecular flexibility index (Phi) is 6.12. The molecule has 25 heavy (non-hydrogen) atoms. The Hall–Kier alpha value is -1.59. The third kappa shape index (κ3) is 4.73. The maximum absolute atomic E-state index is 11.7. The van der Waals surface area contributed by atoms with Gasteiger partial charge in [0.15, 0.2) is 0 Å². The van der Waals surface area contributed by atoms with E-state index in [2.05, 4.69) is 11.9 Å². The van der Waals surface area contributed by atoms with Gasteiger partial charge in [-0.2, -0.15) is 0 Å². The molecule has 0 aromatic heterocycles. The second-order valence-corrected chi connectivity index (χ2v) is 8.25. The number of carboxylic acid groups (broad SMARTS) is 1. The highest BCUT2D eigenvalue weighted by Gasteiger charge is 2.32. The van der Waals surface area contributed by atoms with Gasteiger partial charge in [0.1, 0.15) is 0 Å². The Bertz CT molecular complexity index is 572. The van der Waals surface area contributed by atoms with Crippen LogP contribution in [0.3, 0.4) is 0 Å². The van der Waals surface area contributed by atoms with Gasteiger partial charge in [0.2, 0.25) is 0 Å². The van der Waals surface area contributed by atoms with E-state index in [9.17, 15) is 15.0 Å². The Balaban J connectivity index is 2.12. The molecule has 1 amide bonds. The van der Waals surface area contributed by atoms with Gasteiger partial charge in [0.05, 0.1) is 12.1 Å². The predicted molar refractivity (Wildman–Crippen MR) is 99.7 cm³/mol. The number of aliphatic hydroxyl groups is 1. The molecule has 1 heterocycles. The lowest BCUT2D eigenvalue weighted by Crippen LogP contribution is -2.46. The van der Waals surface area contributed by atoms with Crippen molar-refractivity contribution in [1.82, 2.24) is 9.80 Å². The Morgan fingerprint density at radius 1 is 1.16 bits per heavy atom. The lowest BCUT2D eigenvalue weighted by molar-refractivity contribution is 0.0654. The molecule has 1 saturated heterocycles. The number of hydrogen-bond acceptors (Lipinski definition) is 3. The van der Waals surface area contributed by atoms with Crippen LogP contribution in [0, 0.1) is 5.92 Å². The summed E-state index contributed by atoms with van der Waals surface area (Å²) in [6, 6.07) is 7.53. The topological polar surface area (TPSA) is 64.0 Å². The summed E-state index contributed by atoms with van der Waals surface area (Å²) in [4.78, 5) is 15.4. The first kappa shape index (κ1) is 19.7. The molecule has 2 N–H and O–H groups in total. The molecule has 1 aliphatic rings. The molecule has 2 atom stereocenters. The Labute approximate surface area is 151 Å². The fourth-order valence-corrected chi connectivity index (χ4v) is 3.77. The van der Waals surface area contributed by atoms with Gasteiger partial charge >= 0.3 is 6.09 Å². The van der Waals surface area contributed by atoms with Crippen LogP contribution in [0.4, 0.5) is 4.79 Å². The molecule has 2 rings (SSSR count). The highest BCUT2D eigenvalue weighted by molar-refractivity contribution is 5.66. The molecule has 1 aliphatic heterocycles. The van der Waals surface area contributed by atoms with Gasteiger partial charge in [-0.15, -0.1) is 0 Å². The van der Waals surface area contributed by atoms with Crippen molar-refractivity contribution in [1.29, 1.82) is 0 Å². The van der Waals surface area contributed by atoms with E-state index in [1.807, 2.05) is 52.0 Å². The van der Waals surface area contributed by atoms with Gasteiger partial charge in [-0.3, -0.25) is 4.90 Å². The van der Waals surface area contributed by atoms with Crippen molar-refractivity contribution >= 4 is 6.09 Å². The number of aliphatic hydroxyl groups excluding tert-OH is 1. The molecule has 0 aliphatic carbocycles. The second kappa shape index (κ2) is 7.75. The van der Waals surface area contributed by atoms with Crippen molar-refractivity contribution in [3.63, 3.8) is 0 Å². The average Bonchev–Trinajstić information content (AvgIpc) is 2.53. The molecule has 0 bridgehead atoms. The monoisotopic (exact) mass is 348 g/mol. The molecular weight excluding hydrogens is 316 g/mol. The first-order valence-corrected chi connectivity index (χ1v) is 9.10. The van der Waals surface area contributed by atoms with Crippen LogP contribution in [-0.2, 0) is 0 Å². The number of nitrogens with zero attached hydrogens (tertiary/aromatic N) is 2. The van der Waals surface area contributed by atoms with E-state index in [1.54, 1.807) is 0 Å². The second-order valence-electron chi connectivity index (χ2n) is 8.25. The van der Waals surface area contributed by atoms with Crippen LogP contribution in [0.15, 0.2) is 24.3 Å². The number of carbonyl (C=O) groups is 1. The SMILES string of the molecule is C[C@@H](c1ccc(C(O)C2CCN(C)CC2)cc1)N(C(=O)O)C(C)(C)C. The van der Waals surface area contributed by atoms with E-state index in [0.717, 1.165) is 37.1 Å². The summed E-state index contributed by atoms with van der Waals surface area (Å²) >= 11 is 0. The zero-order valence-electron chi connectivity index (χ0n) is 16.1. The van der Waals surface area contributed by atoms with Crippen LogP contribution in [0.1, 0.15) is 63.8 Å². The summed E-state index contributed by atoms with van der Waals surface area (Å²) in [5.41, 5.74) is 1.39. The molecule has 1 aromatic rings. The molecule has 1 unspecified atom stereocenters. The summed E-state index contributed by atoms with van der Waals surface area (Å²) in [5, 5.41) is 20.2. The van der Waals surface area contributed by atoms with Gasteiger partial charge in [0.25, 0.3) is 0 Å². The molecule has 0 saturated carbocycles. The van der Waals surface area contributed by atoms with Crippen molar-refractivity contribution in [3.8, 4) is 0 Å². The molecule has 0 spiro atoms. The smallest absolute Gasteiger partial charge is 0.408 e. The number of amides is 1. The summed E-state index contributed by atoms with van der Waals surface area (Å²) < 4.78 is 0. The lowest BCUT2D eigenvalue weighted by atomic mass is 9.87. The van der Waals surface area contributed by atoms with Gasteiger partial charge in [-0.1, -0.05) is 24.3 Å². The average molecular weight is 348 g/mol. The third-order valence-electron chi connectivity index (χ3n) is 5.29. The summed E-state index contributed by atoms with van der Waals surface area (Å²) in [6.45, 7) is 9.65. The van der Waals surface area contributed by atoms with Crippen LogP contribution < -0.4 is 0 Å². The minimum absolute atomic E-state index is 0.243. The number of benzene rings is 1. The van der Waals surface area contributed by atoms with E-state index < -0.39 is 17.7 Å². The maximum atomic E-state index is 11.7. The minimum atomic E-state index is -0.921. The van der Waals surface area contributed by atoms with E-state index in [1.165, 1.54) is 4.90 Å². The van der Waals surface area contributed by atoms with E-state index in [4.69, 9.17) is 0 Å². The molecule has 140 valence electrons. The largest absolute Gasteiger partial charge is 0.465 e. The molecule has 5 heteroatoms. The zero-order chi connectivity index (χ0) is 18.8. The zero-order valence-corrected chi connectivity index (χ0v) is 16.1. The van der Waals surface area contributed by atoms with Crippen molar-refractivity contribution in [2.45, 2.75) is 58.2 Å². The van der Waals surface area contributed by atoms with E-state index in [-0.39, 0.29) is 6.04 Å². The molecule has 5 nitrogen and oxygen atoms in total. The van der Waals surface area contributed by atoms with E-state index >= 15 is 0 Å². The van der Waals surface area contributed by atoms with E-state index in [0.29, 0.717) is 5.92 Å². The normalized spacial score (nSPS) is 19.4. The van der Waals surface area contributed by atoms with Gasteiger partial charge in [-0.25, -0.2) is 4.79 Å². The van der Waals surface area contributed by atoms with Crippen LogP contribution in [0.2, 0.25) is 0 Å². The van der Waals surface area contributed by atoms with Crippen molar-refractivity contribution in [2.24, 2.45) is 5.92 Å². The van der Waals surface area contributed by atoms with Crippen LogP contribution in [-0.4, -0.2) is 51.8 Å². The first-order chi connectivity index (χ1) is 11.6. The minimum Gasteiger partial charge on any atom is -0.465 e. The quantitative estimate of drug-likeness (QED) is 0.866. The first-order valence-electron chi connectivity index (χ1n) is 9.10. The standard InChI is InChI=1S/C20H32N2O3/c1-14(22(19(24)25)20(2,3)4)15-6-8-16(9-7-15)18(23)17-10-12-21(5)13-11-17/h6-9,14,17-18,23H,10-13H2,1-5H3,(H,24,25)/t14-,18?/m0/s1. The van der Waals surface area contributed by atoms with Gasteiger partial charge in [0, 0.05) is 5.54 Å². The number of hydrogen-bond donors (Lipinski definition) is 2. The van der Waals surface area contributed by atoms with Crippen molar-refractivity contribution < 1.29 is 15.0 Å². The molecule has 0 radical (unpaired) electrons. The third-order valence-corrected chi connectivity index (χ3v) is 5.29. The Morgan fingerprint density at radius 2 is 1.64 bits per heavy atom. The molecule has 1 aromatic carbocycles. The highest BCUT2D eigenvalue weighted by atomic mass is 16.4. The summed E-state index contributed by atoms with van der Waals surface area (Å²) in [6.07, 6.45) is 0.644. The maximum Gasteiger partial charge on any atom is 0.408 e. The van der Waals surface area contributed by atoms with Crippen LogP contribution >= 0.6 is 0 Å². The van der Waals surface area contributed by atoms with Gasteiger partial charge in [-0.05, 0) is 77.7 Å². The van der Waals surface area contributed by atoms with Crippen molar-refractivity contribution in [3.05, 3.63) is 35.4 Å².